The third-order valence-electron chi connectivity index (χ3n) is 4.00. The molecule has 0 amide bonds. The zero-order valence-electron chi connectivity index (χ0n) is 11.6. The Morgan fingerprint density at radius 3 is 2.84 bits per heavy atom. The molecule has 0 radical (unpaired) electrons. The highest BCUT2D eigenvalue weighted by molar-refractivity contribution is 5.66. The number of aromatic nitrogens is 2. The monoisotopic (exact) mass is 265 g/mol. The van der Waals surface area contributed by atoms with Gasteiger partial charge in [-0.3, -0.25) is 9.69 Å². The summed E-state index contributed by atoms with van der Waals surface area (Å²) in [6, 6.07) is 0. The summed E-state index contributed by atoms with van der Waals surface area (Å²) in [5.41, 5.74) is 1.27. The van der Waals surface area contributed by atoms with Gasteiger partial charge in [-0.15, -0.1) is 0 Å². The molecular formula is C14H23N3O2. The van der Waals surface area contributed by atoms with Gasteiger partial charge in [-0.25, -0.2) is 4.98 Å². The van der Waals surface area contributed by atoms with Gasteiger partial charge < -0.3 is 9.67 Å². The van der Waals surface area contributed by atoms with E-state index in [2.05, 4.69) is 21.4 Å². The fourth-order valence-electron chi connectivity index (χ4n) is 2.75. The van der Waals surface area contributed by atoms with Gasteiger partial charge in [-0.1, -0.05) is 0 Å². The van der Waals surface area contributed by atoms with Gasteiger partial charge in [-0.2, -0.15) is 0 Å². The molecule has 19 heavy (non-hydrogen) atoms. The van der Waals surface area contributed by atoms with Gasteiger partial charge in [0.15, 0.2) is 0 Å². The van der Waals surface area contributed by atoms with E-state index in [0.29, 0.717) is 12.3 Å². The summed E-state index contributed by atoms with van der Waals surface area (Å²) in [4.78, 5) is 17.2. The van der Waals surface area contributed by atoms with E-state index in [1.165, 1.54) is 5.69 Å². The molecule has 0 aromatic carbocycles. The molecular weight excluding hydrogens is 242 g/mol. The maximum Gasteiger partial charge on any atom is 0.303 e. The summed E-state index contributed by atoms with van der Waals surface area (Å²) < 4.78 is 2.18. The Kier molecular flexibility index (Phi) is 4.96. The minimum absolute atomic E-state index is 0.313. The molecule has 1 aliphatic heterocycles. The molecule has 1 fully saturated rings. The number of rotatable bonds is 6. The number of aryl methyl sites for hydroxylation is 1. The smallest absolute Gasteiger partial charge is 0.303 e. The molecule has 1 aliphatic rings. The molecule has 1 aromatic rings. The number of piperidine rings is 1. The molecule has 5 heteroatoms. The van der Waals surface area contributed by atoms with Crippen LogP contribution in [0, 0.1) is 5.92 Å². The molecule has 1 N–H and O–H groups in total. The summed E-state index contributed by atoms with van der Waals surface area (Å²) >= 11 is 0. The highest BCUT2D eigenvalue weighted by Gasteiger charge is 2.20. The summed E-state index contributed by atoms with van der Waals surface area (Å²) in [5, 5.41) is 8.70. The maximum atomic E-state index is 10.6. The second-order valence-electron chi connectivity index (χ2n) is 5.32. The molecule has 5 nitrogen and oxygen atoms in total. The predicted octanol–water partition coefficient (Wildman–Crippen LogP) is 1.98. The second-order valence-corrected chi connectivity index (χ2v) is 5.32. The van der Waals surface area contributed by atoms with Crippen LogP contribution in [0.5, 0.6) is 0 Å². The molecule has 106 valence electrons. The lowest BCUT2D eigenvalue weighted by atomic mass is 9.92. The number of carboxylic acid groups (broad SMARTS) is 1. The van der Waals surface area contributed by atoms with Crippen LogP contribution in [0.4, 0.5) is 0 Å². The van der Waals surface area contributed by atoms with Crippen molar-refractivity contribution in [3.8, 4) is 0 Å². The average molecular weight is 265 g/mol. The number of likely N-dealkylation sites (tertiary alicyclic amines) is 1. The van der Waals surface area contributed by atoms with Crippen molar-refractivity contribution < 1.29 is 9.90 Å². The van der Waals surface area contributed by atoms with Crippen molar-refractivity contribution in [2.45, 2.75) is 45.7 Å². The fraction of sp³-hybridized carbons (Fsp3) is 0.714. The SMILES string of the molecule is CCn1cncc1CN1CCC(CCC(=O)O)CC1. The van der Waals surface area contributed by atoms with Gasteiger partial charge in [0.05, 0.1) is 12.0 Å². The first-order valence-electron chi connectivity index (χ1n) is 7.12. The van der Waals surface area contributed by atoms with Crippen molar-refractivity contribution in [2.75, 3.05) is 13.1 Å². The number of carbonyl (C=O) groups is 1. The van der Waals surface area contributed by atoms with Gasteiger partial charge in [0.2, 0.25) is 0 Å². The van der Waals surface area contributed by atoms with E-state index < -0.39 is 5.97 Å². The zero-order chi connectivity index (χ0) is 13.7. The summed E-state index contributed by atoms with van der Waals surface area (Å²) in [6.07, 6.45) is 7.21. The number of imidazole rings is 1. The lowest BCUT2D eigenvalue weighted by Crippen LogP contribution is -2.34. The van der Waals surface area contributed by atoms with Crippen LogP contribution >= 0.6 is 0 Å². The van der Waals surface area contributed by atoms with Crippen LogP contribution < -0.4 is 0 Å². The van der Waals surface area contributed by atoms with E-state index in [1.807, 2.05) is 12.5 Å². The Hall–Kier alpha value is -1.36. The molecule has 0 spiro atoms. The van der Waals surface area contributed by atoms with Crippen molar-refractivity contribution in [2.24, 2.45) is 5.92 Å². The normalized spacial score (nSPS) is 17.7. The van der Waals surface area contributed by atoms with Crippen molar-refractivity contribution in [3.05, 3.63) is 18.2 Å². The number of aliphatic carboxylic acids is 1. The minimum Gasteiger partial charge on any atom is -0.481 e. The first kappa shape index (κ1) is 14.1. The lowest BCUT2D eigenvalue weighted by Gasteiger charge is -2.31. The molecule has 2 rings (SSSR count). The van der Waals surface area contributed by atoms with Gasteiger partial charge in [0.1, 0.15) is 0 Å². The van der Waals surface area contributed by atoms with Crippen LogP contribution in [-0.2, 0) is 17.9 Å². The summed E-state index contributed by atoms with van der Waals surface area (Å²) in [6.45, 7) is 6.19. The van der Waals surface area contributed by atoms with Crippen molar-refractivity contribution in [1.29, 1.82) is 0 Å². The highest BCUT2D eigenvalue weighted by atomic mass is 16.4. The zero-order valence-corrected chi connectivity index (χ0v) is 11.6. The average Bonchev–Trinajstić information content (AvgIpc) is 2.85. The van der Waals surface area contributed by atoms with Crippen LogP contribution in [0.15, 0.2) is 12.5 Å². The van der Waals surface area contributed by atoms with Crippen LogP contribution in [0.25, 0.3) is 0 Å². The number of hydrogen-bond donors (Lipinski definition) is 1. The summed E-state index contributed by atoms with van der Waals surface area (Å²) in [7, 11) is 0. The highest BCUT2D eigenvalue weighted by Crippen LogP contribution is 2.22. The summed E-state index contributed by atoms with van der Waals surface area (Å²) in [5.74, 6) is -0.0855. The van der Waals surface area contributed by atoms with Crippen LogP contribution in [-0.4, -0.2) is 38.6 Å². The molecule has 0 atom stereocenters. The van der Waals surface area contributed by atoms with E-state index in [1.54, 1.807) is 0 Å². The first-order chi connectivity index (χ1) is 9.19. The Balaban J connectivity index is 1.76. The molecule has 0 aliphatic carbocycles. The van der Waals surface area contributed by atoms with Gasteiger partial charge in [-0.05, 0) is 45.2 Å². The van der Waals surface area contributed by atoms with Crippen molar-refractivity contribution in [1.82, 2.24) is 14.5 Å². The standard InChI is InChI=1S/C14H23N3O2/c1-2-17-11-15-9-13(17)10-16-7-5-12(6-8-16)3-4-14(18)19/h9,11-12H,2-8,10H2,1H3,(H,18,19). The van der Waals surface area contributed by atoms with Crippen LogP contribution in [0.3, 0.4) is 0 Å². The van der Waals surface area contributed by atoms with E-state index in [0.717, 1.165) is 45.4 Å². The van der Waals surface area contributed by atoms with Crippen molar-refractivity contribution in [3.63, 3.8) is 0 Å². The lowest BCUT2D eigenvalue weighted by molar-refractivity contribution is -0.137. The van der Waals surface area contributed by atoms with E-state index >= 15 is 0 Å². The molecule has 0 saturated carbocycles. The van der Waals surface area contributed by atoms with E-state index in [4.69, 9.17) is 5.11 Å². The Bertz CT molecular complexity index is 409. The number of nitrogens with zero attached hydrogens (tertiary/aromatic N) is 3. The quantitative estimate of drug-likeness (QED) is 0.854. The van der Waals surface area contributed by atoms with E-state index in [9.17, 15) is 4.79 Å². The maximum absolute atomic E-state index is 10.6. The van der Waals surface area contributed by atoms with Gasteiger partial charge >= 0.3 is 5.97 Å². The molecule has 2 heterocycles. The Morgan fingerprint density at radius 1 is 1.47 bits per heavy atom. The molecule has 0 unspecified atom stereocenters. The van der Waals surface area contributed by atoms with Gasteiger partial charge in [0, 0.05) is 25.7 Å². The van der Waals surface area contributed by atoms with E-state index in [-0.39, 0.29) is 0 Å². The number of carboxylic acids is 1. The molecule has 0 bridgehead atoms. The minimum atomic E-state index is -0.672. The largest absolute Gasteiger partial charge is 0.481 e. The second kappa shape index (κ2) is 6.70. The molecule has 1 aromatic heterocycles. The Labute approximate surface area is 114 Å². The van der Waals surface area contributed by atoms with Crippen LogP contribution in [0.2, 0.25) is 0 Å². The number of hydrogen-bond acceptors (Lipinski definition) is 3. The fourth-order valence-corrected chi connectivity index (χ4v) is 2.75. The topological polar surface area (TPSA) is 58.4 Å². The Morgan fingerprint density at radius 2 is 2.21 bits per heavy atom. The predicted molar refractivity (Wildman–Crippen MR) is 72.8 cm³/mol. The third kappa shape index (κ3) is 4.06. The molecule has 1 saturated heterocycles. The first-order valence-corrected chi connectivity index (χ1v) is 7.12. The van der Waals surface area contributed by atoms with Gasteiger partial charge in [0.25, 0.3) is 0 Å². The van der Waals surface area contributed by atoms with Crippen LogP contribution in [0.1, 0.15) is 38.3 Å². The van der Waals surface area contributed by atoms with Crippen molar-refractivity contribution >= 4 is 5.97 Å². The third-order valence-corrected chi connectivity index (χ3v) is 4.00.